The van der Waals surface area contributed by atoms with Crippen LogP contribution in [0.25, 0.3) is 0 Å². The van der Waals surface area contributed by atoms with Crippen LogP contribution in [0.5, 0.6) is 5.75 Å². The minimum Gasteiger partial charge on any atom is -0.494 e. The lowest BCUT2D eigenvalue weighted by molar-refractivity contribution is -0.121. The van der Waals surface area contributed by atoms with Gasteiger partial charge in [0.1, 0.15) is 12.1 Å². The smallest absolute Gasteiger partial charge is 0.243 e. The molecular formula is C16H23N5O4S2. The number of carbonyl (C=O) groups is 1. The van der Waals surface area contributed by atoms with Crippen LogP contribution in [0, 0.1) is 6.92 Å². The number of nitrogens with one attached hydrogen (secondary N) is 2. The zero-order valence-corrected chi connectivity index (χ0v) is 17.1. The number of amides is 1. The third-order valence-corrected chi connectivity index (χ3v) is 6.25. The molecule has 148 valence electrons. The van der Waals surface area contributed by atoms with E-state index >= 15 is 0 Å². The molecule has 1 amide bonds. The van der Waals surface area contributed by atoms with Gasteiger partial charge < -0.3 is 10.1 Å². The largest absolute Gasteiger partial charge is 0.494 e. The van der Waals surface area contributed by atoms with Crippen molar-refractivity contribution >= 4 is 27.7 Å². The molecule has 1 heterocycles. The summed E-state index contributed by atoms with van der Waals surface area (Å²) in [6.07, 6.45) is 1.41. The number of hydrogen-bond donors (Lipinski definition) is 2. The van der Waals surface area contributed by atoms with Crippen molar-refractivity contribution in [1.82, 2.24) is 24.8 Å². The minimum atomic E-state index is -3.77. The number of rotatable bonds is 10. The van der Waals surface area contributed by atoms with Crippen molar-refractivity contribution in [3.8, 4) is 5.75 Å². The molecule has 0 aliphatic rings. The summed E-state index contributed by atoms with van der Waals surface area (Å²) in [4.78, 5) is 16.1. The van der Waals surface area contributed by atoms with Crippen molar-refractivity contribution in [3.63, 3.8) is 0 Å². The van der Waals surface area contributed by atoms with Gasteiger partial charge in [0.15, 0.2) is 5.16 Å². The standard InChI is InChI=1S/C16H23N5O4S2/c1-4-25-14-6-5-13(9-12(14)2)27(23,24)21(3)10-15(22)17-7-8-26-16-18-11-19-20-16/h5-6,9,11H,4,7-8,10H2,1-3H3,(H,17,22)(H,18,19,20). The number of carbonyl (C=O) groups excluding carboxylic acids is 1. The molecule has 2 aromatic rings. The maximum absolute atomic E-state index is 12.7. The number of H-pyrrole nitrogens is 1. The van der Waals surface area contributed by atoms with Crippen LogP contribution in [0.3, 0.4) is 0 Å². The Bertz CT molecular complexity index is 856. The first-order chi connectivity index (χ1) is 12.8. The molecule has 0 aliphatic heterocycles. The average molecular weight is 414 g/mol. The number of nitrogens with zero attached hydrogens (tertiary/aromatic N) is 3. The highest BCUT2D eigenvalue weighted by molar-refractivity contribution is 7.99. The predicted molar refractivity (Wildman–Crippen MR) is 102 cm³/mol. The number of ether oxygens (including phenoxy) is 1. The molecule has 1 aromatic heterocycles. The predicted octanol–water partition coefficient (Wildman–Crippen LogP) is 1.04. The number of aromatic nitrogens is 3. The fourth-order valence-corrected chi connectivity index (χ4v) is 4.07. The Balaban J connectivity index is 1.88. The van der Waals surface area contributed by atoms with Gasteiger partial charge >= 0.3 is 0 Å². The number of aromatic amines is 1. The zero-order chi connectivity index (χ0) is 19.9. The van der Waals surface area contributed by atoms with E-state index in [1.165, 1.54) is 31.2 Å². The molecule has 0 saturated heterocycles. The van der Waals surface area contributed by atoms with Crippen LogP contribution in [0.2, 0.25) is 0 Å². The number of aryl methyl sites for hydroxylation is 1. The van der Waals surface area contributed by atoms with Gasteiger partial charge in [-0.25, -0.2) is 13.4 Å². The Labute approximate surface area is 162 Å². The van der Waals surface area contributed by atoms with Gasteiger partial charge in [-0.15, -0.1) is 0 Å². The van der Waals surface area contributed by atoms with Gasteiger partial charge in [0.2, 0.25) is 15.9 Å². The average Bonchev–Trinajstić information content (AvgIpc) is 3.14. The maximum atomic E-state index is 12.7. The molecule has 0 saturated carbocycles. The molecule has 0 unspecified atom stereocenters. The fraction of sp³-hybridized carbons (Fsp3) is 0.438. The number of hydrogen-bond acceptors (Lipinski definition) is 7. The van der Waals surface area contributed by atoms with Crippen molar-refractivity contribution in [2.45, 2.75) is 23.9 Å². The molecule has 0 bridgehead atoms. The van der Waals surface area contributed by atoms with Crippen LogP contribution in [0.4, 0.5) is 0 Å². The number of sulfonamides is 1. The maximum Gasteiger partial charge on any atom is 0.243 e. The lowest BCUT2D eigenvalue weighted by Gasteiger charge is -2.18. The van der Waals surface area contributed by atoms with Crippen molar-refractivity contribution < 1.29 is 17.9 Å². The molecule has 11 heteroatoms. The van der Waals surface area contributed by atoms with Crippen molar-refractivity contribution in [3.05, 3.63) is 30.1 Å². The second-order valence-electron chi connectivity index (χ2n) is 5.61. The summed E-state index contributed by atoms with van der Waals surface area (Å²) in [5.41, 5.74) is 0.722. The Morgan fingerprint density at radius 3 is 2.81 bits per heavy atom. The van der Waals surface area contributed by atoms with Gasteiger partial charge in [0.05, 0.1) is 18.0 Å². The van der Waals surface area contributed by atoms with Crippen LogP contribution in [0.1, 0.15) is 12.5 Å². The molecule has 0 aliphatic carbocycles. The van der Waals surface area contributed by atoms with E-state index in [0.29, 0.717) is 29.8 Å². The summed E-state index contributed by atoms with van der Waals surface area (Å²) in [5.74, 6) is 0.859. The van der Waals surface area contributed by atoms with Gasteiger partial charge in [-0.2, -0.15) is 9.40 Å². The molecule has 0 radical (unpaired) electrons. The topological polar surface area (TPSA) is 117 Å². The highest BCUT2D eigenvalue weighted by atomic mass is 32.2. The molecule has 0 spiro atoms. The summed E-state index contributed by atoms with van der Waals surface area (Å²) < 4.78 is 31.8. The molecule has 9 nitrogen and oxygen atoms in total. The molecular weight excluding hydrogens is 390 g/mol. The van der Waals surface area contributed by atoms with Crippen molar-refractivity contribution in [2.24, 2.45) is 0 Å². The third-order valence-electron chi connectivity index (χ3n) is 3.58. The summed E-state index contributed by atoms with van der Waals surface area (Å²) in [6, 6.07) is 4.65. The Morgan fingerprint density at radius 2 is 2.19 bits per heavy atom. The van der Waals surface area contributed by atoms with Gasteiger partial charge in [-0.1, -0.05) is 11.8 Å². The van der Waals surface area contributed by atoms with Crippen molar-refractivity contribution in [2.75, 3.05) is 32.5 Å². The quantitative estimate of drug-likeness (QED) is 0.441. The molecule has 0 fully saturated rings. The first kappa shape index (κ1) is 21.2. The van der Waals surface area contributed by atoms with E-state index in [4.69, 9.17) is 4.74 Å². The van der Waals surface area contributed by atoms with E-state index in [1.807, 2.05) is 6.92 Å². The summed E-state index contributed by atoms with van der Waals surface area (Å²) in [6.45, 7) is 4.27. The van der Waals surface area contributed by atoms with Crippen LogP contribution in [-0.2, 0) is 14.8 Å². The monoisotopic (exact) mass is 413 g/mol. The van der Waals surface area contributed by atoms with E-state index < -0.39 is 10.0 Å². The Kier molecular flexibility index (Phi) is 7.63. The first-order valence-electron chi connectivity index (χ1n) is 8.29. The fourth-order valence-electron chi connectivity index (χ4n) is 2.22. The first-order valence-corrected chi connectivity index (χ1v) is 10.7. The summed E-state index contributed by atoms with van der Waals surface area (Å²) >= 11 is 1.41. The van der Waals surface area contributed by atoms with Gasteiger partial charge in [0.25, 0.3) is 0 Å². The Hall–Kier alpha value is -2.11. The van der Waals surface area contributed by atoms with Gasteiger partial charge in [0, 0.05) is 19.3 Å². The molecule has 2 N–H and O–H groups in total. The van der Waals surface area contributed by atoms with Crippen LogP contribution < -0.4 is 10.1 Å². The molecule has 1 aromatic carbocycles. The van der Waals surface area contributed by atoms with Crippen LogP contribution in [0.15, 0.2) is 34.6 Å². The van der Waals surface area contributed by atoms with E-state index in [1.54, 1.807) is 19.1 Å². The van der Waals surface area contributed by atoms with E-state index in [2.05, 4.69) is 20.5 Å². The molecule has 2 rings (SSSR count). The normalized spacial score (nSPS) is 11.6. The highest BCUT2D eigenvalue weighted by Crippen LogP contribution is 2.23. The highest BCUT2D eigenvalue weighted by Gasteiger charge is 2.23. The number of likely N-dealkylation sites (N-methyl/N-ethyl adjacent to an activating group) is 1. The van der Waals surface area contributed by atoms with Gasteiger partial charge in [-0.3, -0.25) is 9.89 Å². The van der Waals surface area contributed by atoms with Crippen LogP contribution in [-0.4, -0.2) is 66.3 Å². The second kappa shape index (κ2) is 9.72. The number of thioether (sulfide) groups is 1. The molecule has 0 atom stereocenters. The van der Waals surface area contributed by atoms with Crippen molar-refractivity contribution in [1.29, 1.82) is 0 Å². The lowest BCUT2D eigenvalue weighted by Crippen LogP contribution is -2.39. The second-order valence-corrected chi connectivity index (χ2v) is 8.74. The van der Waals surface area contributed by atoms with E-state index in [0.717, 1.165) is 9.87 Å². The van der Waals surface area contributed by atoms with Gasteiger partial charge in [-0.05, 0) is 37.6 Å². The Morgan fingerprint density at radius 1 is 1.41 bits per heavy atom. The molecule has 27 heavy (non-hydrogen) atoms. The SMILES string of the molecule is CCOc1ccc(S(=O)(=O)N(C)CC(=O)NCCSc2ncn[nH]2)cc1C. The summed E-state index contributed by atoms with van der Waals surface area (Å²) in [7, 11) is -2.39. The third kappa shape index (κ3) is 5.94. The summed E-state index contributed by atoms with van der Waals surface area (Å²) in [5, 5.41) is 9.78. The zero-order valence-electron chi connectivity index (χ0n) is 15.4. The lowest BCUT2D eigenvalue weighted by atomic mass is 10.2. The van der Waals surface area contributed by atoms with E-state index in [-0.39, 0.29) is 17.3 Å². The van der Waals surface area contributed by atoms with Crippen LogP contribution >= 0.6 is 11.8 Å². The number of benzene rings is 1. The van der Waals surface area contributed by atoms with E-state index in [9.17, 15) is 13.2 Å². The minimum absolute atomic E-state index is 0.125.